The van der Waals surface area contributed by atoms with E-state index in [0.717, 1.165) is 24.3 Å². The Morgan fingerprint density at radius 3 is 3.00 bits per heavy atom. The maximum Gasteiger partial charge on any atom is 0.138 e. The van der Waals surface area contributed by atoms with Gasteiger partial charge in [0.05, 0.1) is 11.9 Å². The third-order valence-electron chi connectivity index (χ3n) is 4.36. The summed E-state index contributed by atoms with van der Waals surface area (Å²) in [5.74, 6) is 0.759. The molecule has 1 aliphatic heterocycles. The van der Waals surface area contributed by atoms with E-state index >= 15 is 0 Å². The molecule has 23 heavy (non-hydrogen) atoms. The van der Waals surface area contributed by atoms with Crippen molar-refractivity contribution in [2.75, 3.05) is 11.9 Å². The van der Waals surface area contributed by atoms with Gasteiger partial charge in [-0.3, -0.25) is 9.98 Å². The average Bonchev–Trinajstić information content (AvgIpc) is 2.57. The zero-order chi connectivity index (χ0) is 16.2. The Kier molecular flexibility index (Phi) is 4.60. The van der Waals surface area contributed by atoms with Crippen LogP contribution in [0, 0.1) is 0 Å². The minimum absolute atomic E-state index is 0.102. The molecule has 2 unspecified atom stereocenters. The van der Waals surface area contributed by atoms with Crippen LogP contribution >= 0.6 is 0 Å². The molecule has 0 N–H and O–H groups in total. The molecule has 2 aromatic rings. The summed E-state index contributed by atoms with van der Waals surface area (Å²) in [5.41, 5.74) is 3.67. The monoisotopic (exact) mass is 309 g/mol. The number of aromatic nitrogens is 1. The summed E-state index contributed by atoms with van der Waals surface area (Å²) in [5, 5.41) is 0. The van der Waals surface area contributed by atoms with Crippen molar-refractivity contribution in [3.8, 4) is 5.75 Å². The molecule has 2 heterocycles. The molecule has 1 aromatic heterocycles. The van der Waals surface area contributed by atoms with Gasteiger partial charge >= 0.3 is 0 Å². The number of anilines is 1. The number of nitrogens with zero attached hydrogens (tertiary/aromatic N) is 3. The summed E-state index contributed by atoms with van der Waals surface area (Å²) in [6, 6.07) is 10.7. The summed E-state index contributed by atoms with van der Waals surface area (Å²) >= 11 is 0. The van der Waals surface area contributed by atoms with Gasteiger partial charge < -0.3 is 9.64 Å². The lowest BCUT2D eigenvalue weighted by Crippen LogP contribution is -2.33. The van der Waals surface area contributed by atoms with E-state index in [-0.39, 0.29) is 6.10 Å². The third-order valence-corrected chi connectivity index (χ3v) is 4.36. The van der Waals surface area contributed by atoms with Crippen LogP contribution in [0.4, 0.5) is 11.4 Å². The summed E-state index contributed by atoms with van der Waals surface area (Å²) in [6.45, 7) is 4.25. The number of rotatable bonds is 4. The Bertz CT molecular complexity index is 684. The topological polar surface area (TPSA) is 37.7 Å². The summed E-state index contributed by atoms with van der Waals surface area (Å²) in [6.07, 6.45) is 7.45. The van der Waals surface area contributed by atoms with Gasteiger partial charge in [0.1, 0.15) is 11.9 Å². The zero-order valence-corrected chi connectivity index (χ0v) is 13.9. The second-order valence-electron chi connectivity index (χ2n) is 6.06. The number of ether oxygens (including phenoxy) is 1. The third kappa shape index (κ3) is 3.52. The van der Waals surface area contributed by atoms with Crippen molar-refractivity contribution in [2.24, 2.45) is 4.99 Å². The molecule has 0 fully saturated rings. The van der Waals surface area contributed by atoms with Gasteiger partial charge in [-0.25, -0.2) is 0 Å². The molecule has 3 rings (SSSR count). The first-order valence-electron chi connectivity index (χ1n) is 8.10. The molecule has 0 aliphatic carbocycles. The molecule has 2 atom stereocenters. The zero-order valence-electron chi connectivity index (χ0n) is 13.9. The highest BCUT2D eigenvalue weighted by Crippen LogP contribution is 2.35. The molecule has 0 amide bonds. The Hall–Kier alpha value is -2.36. The highest BCUT2D eigenvalue weighted by atomic mass is 16.5. The molecule has 120 valence electrons. The number of fused-ring (bicyclic) bond motifs is 1. The lowest BCUT2D eigenvalue weighted by Gasteiger charge is -2.34. The lowest BCUT2D eigenvalue weighted by molar-refractivity contribution is 0.290. The molecule has 1 aromatic carbocycles. The van der Waals surface area contributed by atoms with Crippen LogP contribution in [0.5, 0.6) is 5.75 Å². The van der Waals surface area contributed by atoms with E-state index in [0.29, 0.717) is 6.04 Å². The summed E-state index contributed by atoms with van der Waals surface area (Å²) < 4.78 is 5.80. The van der Waals surface area contributed by atoms with E-state index < -0.39 is 0 Å². The largest absolute Gasteiger partial charge is 0.483 e. The number of hydrogen-bond donors (Lipinski definition) is 0. The van der Waals surface area contributed by atoms with Gasteiger partial charge in [-0.15, -0.1) is 0 Å². The van der Waals surface area contributed by atoms with Crippen LogP contribution in [0.15, 0.2) is 47.7 Å². The van der Waals surface area contributed by atoms with E-state index in [4.69, 9.17) is 4.74 Å². The van der Waals surface area contributed by atoms with E-state index in [1.807, 2.05) is 25.3 Å². The number of aliphatic imine (C=N–C) groups is 1. The van der Waals surface area contributed by atoms with Gasteiger partial charge in [0.15, 0.2) is 0 Å². The number of hydrogen-bond acceptors (Lipinski definition) is 4. The molecule has 4 heteroatoms. The van der Waals surface area contributed by atoms with Crippen molar-refractivity contribution >= 4 is 17.6 Å². The molecule has 0 radical (unpaired) electrons. The van der Waals surface area contributed by atoms with Gasteiger partial charge in [0.25, 0.3) is 0 Å². The van der Waals surface area contributed by atoms with Gasteiger partial charge in [0.2, 0.25) is 0 Å². The lowest BCUT2D eigenvalue weighted by atomic mass is 9.96. The predicted molar refractivity (Wildman–Crippen MR) is 95.1 cm³/mol. The Labute approximate surface area is 137 Å². The van der Waals surface area contributed by atoms with Crippen LogP contribution in [0.25, 0.3) is 0 Å². The molecule has 1 aliphatic rings. The first-order chi connectivity index (χ1) is 11.1. The maximum atomic E-state index is 5.80. The number of pyridine rings is 1. The van der Waals surface area contributed by atoms with Crippen LogP contribution in [0.2, 0.25) is 0 Å². The van der Waals surface area contributed by atoms with Crippen LogP contribution in [-0.4, -0.2) is 30.4 Å². The van der Waals surface area contributed by atoms with Crippen molar-refractivity contribution in [3.05, 3.63) is 48.3 Å². The predicted octanol–water partition coefficient (Wildman–Crippen LogP) is 4.02. The fraction of sp³-hybridized carbons (Fsp3) is 0.368. The molecule has 0 saturated heterocycles. The average molecular weight is 309 g/mol. The van der Waals surface area contributed by atoms with Crippen LogP contribution in [-0.2, 0) is 6.42 Å². The summed E-state index contributed by atoms with van der Waals surface area (Å²) in [4.78, 5) is 11.1. The molecule has 4 nitrogen and oxygen atoms in total. The van der Waals surface area contributed by atoms with E-state index in [9.17, 15) is 0 Å². The second kappa shape index (κ2) is 6.82. The maximum absolute atomic E-state index is 5.80. The van der Waals surface area contributed by atoms with Gasteiger partial charge in [-0.2, -0.15) is 0 Å². The molecule has 0 bridgehead atoms. The van der Waals surface area contributed by atoms with E-state index in [1.165, 1.54) is 11.3 Å². The fourth-order valence-electron chi connectivity index (χ4n) is 2.90. The van der Waals surface area contributed by atoms with Crippen molar-refractivity contribution < 1.29 is 4.74 Å². The van der Waals surface area contributed by atoms with Gasteiger partial charge in [-0.05, 0) is 51.0 Å². The van der Waals surface area contributed by atoms with Crippen molar-refractivity contribution in [1.82, 2.24) is 4.98 Å². The molecular weight excluding hydrogens is 286 g/mol. The summed E-state index contributed by atoms with van der Waals surface area (Å²) in [7, 11) is 2.16. The molecule has 0 saturated carbocycles. The normalized spacial score (nSPS) is 18.7. The molecule has 0 spiro atoms. The standard InChI is InChI=1S/C19H23N3O/c1-14-9-10-17-18(7-4-8-19(17)22(14)3)21-12-15(2)23-16-6-5-11-20-13-16/h4-8,11-15H,9-10H2,1-3H3. The Morgan fingerprint density at radius 1 is 1.35 bits per heavy atom. The van der Waals surface area contributed by atoms with Gasteiger partial charge in [0, 0.05) is 36.8 Å². The first kappa shape index (κ1) is 15.5. The van der Waals surface area contributed by atoms with Crippen LogP contribution < -0.4 is 9.64 Å². The Balaban J connectivity index is 1.75. The minimum Gasteiger partial charge on any atom is -0.483 e. The SMILES string of the molecule is CC(C=Nc1cccc2c1CCC(C)N2C)Oc1cccnc1. The van der Waals surface area contributed by atoms with E-state index in [1.54, 1.807) is 12.4 Å². The number of benzene rings is 1. The van der Waals surface area contributed by atoms with Crippen LogP contribution in [0.3, 0.4) is 0 Å². The van der Waals surface area contributed by atoms with Crippen molar-refractivity contribution in [1.29, 1.82) is 0 Å². The van der Waals surface area contributed by atoms with Crippen molar-refractivity contribution in [2.45, 2.75) is 38.8 Å². The Morgan fingerprint density at radius 2 is 2.22 bits per heavy atom. The quantitative estimate of drug-likeness (QED) is 0.801. The first-order valence-corrected chi connectivity index (χ1v) is 8.10. The highest BCUT2D eigenvalue weighted by Gasteiger charge is 2.21. The second-order valence-corrected chi connectivity index (χ2v) is 6.06. The van der Waals surface area contributed by atoms with Gasteiger partial charge in [-0.1, -0.05) is 6.07 Å². The smallest absolute Gasteiger partial charge is 0.138 e. The van der Waals surface area contributed by atoms with Crippen molar-refractivity contribution in [3.63, 3.8) is 0 Å². The molecular formula is C19H23N3O. The van der Waals surface area contributed by atoms with Crippen LogP contribution in [0.1, 0.15) is 25.8 Å². The minimum atomic E-state index is -0.102. The van der Waals surface area contributed by atoms with E-state index in [2.05, 4.69) is 47.0 Å². The fourth-order valence-corrected chi connectivity index (χ4v) is 2.90. The highest BCUT2D eigenvalue weighted by molar-refractivity contribution is 5.73.